The third-order valence-electron chi connectivity index (χ3n) is 3.17. The number of alkyl halides is 1. The lowest BCUT2D eigenvalue weighted by molar-refractivity contribution is 0.370. The van der Waals surface area contributed by atoms with E-state index >= 15 is 0 Å². The summed E-state index contributed by atoms with van der Waals surface area (Å²) in [7, 11) is 2.13. The molecule has 0 saturated carbocycles. The third-order valence-corrected chi connectivity index (χ3v) is 5.48. The largest absolute Gasteiger partial charge is 0.309 e. The quantitative estimate of drug-likeness (QED) is 0.724. The Morgan fingerprint density at radius 1 is 1.15 bits per heavy atom. The van der Waals surface area contributed by atoms with Crippen molar-refractivity contribution in [1.82, 2.24) is 9.21 Å². The maximum absolute atomic E-state index is 12.6. The summed E-state index contributed by atoms with van der Waals surface area (Å²) in [5, 5.41) is 0. The summed E-state index contributed by atoms with van der Waals surface area (Å²) in [5.74, 6) is 0.313. The number of sulfonamides is 1. The second kappa shape index (κ2) is 7.41. The number of hydrogen-bond acceptors (Lipinski definition) is 3. The molecule has 0 saturated heterocycles. The Labute approximate surface area is 127 Å². The average Bonchev–Trinajstić information content (AvgIpc) is 2.38. The molecular formula is C14H23ClN2O2S. The molecule has 0 radical (unpaired) electrons. The van der Waals surface area contributed by atoms with Crippen LogP contribution in [0.3, 0.4) is 0 Å². The van der Waals surface area contributed by atoms with Gasteiger partial charge in [0, 0.05) is 19.5 Å². The molecule has 0 fully saturated rings. The predicted octanol–water partition coefficient (Wildman–Crippen LogP) is 2.31. The monoisotopic (exact) mass is 318 g/mol. The molecule has 0 aromatic heterocycles. The van der Waals surface area contributed by atoms with Crippen molar-refractivity contribution in [3.63, 3.8) is 0 Å². The van der Waals surface area contributed by atoms with E-state index in [2.05, 4.69) is 0 Å². The fourth-order valence-corrected chi connectivity index (χ4v) is 3.55. The van der Waals surface area contributed by atoms with Crippen molar-refractivity contribution in [2.75, 3.05) is 34.2 Å². The van der Waals surface area contributed by atoms with E-state index in [0.717, 1.165) is 24.1 Å². The fraction of sp³-hybridized carbons (Fsp3) is 0.571. The first-order chi connectivity index (χ1) is 9.28. The number of halogens is 1. The normalized spacial score (nSPS) is 12.3. The van der Waals surface area contributed by atoms with E-state index in [1.165, 1.54) is 4.31 Å². The van der Waals surface area contributed by atoms with Gasteiger partial charge in [0.15, 0.2) is 0 Å². The molecule has 4 nitrogen and oxygen atoms in total. The molecule has 0 aliphatic carbocycles. The van der Waals surface area contributed by atoms with Crippen LogP contribution in [-0.2, 0) is 15.9 Å². The fourth-order valence-electron chi connectivity index (χ4n) is 1.90. The smallest absolute Gasteiger partial charge is 0.243 e. The molecule has 0 aliphatic rings. The van der Waals surface area contributed by atoms with Gasteiger partial charge in [0.25, 0.3) is 0 Å². The van der Waals surface area contributed by atoms with Crippen molar-refractivity contribution in [3.05, 3.63) is 29.3 Å². The Morgan fingerprint density at radius 2 is 1.80 bits per heavy atom. The molecule has 1 aromatic rings. The SMILES string of the molecule is Cc1ccc(CCl)cc1S(=O)(=O)N(C)CCCN(C)C. The van der Waals surface area contributed by atoms with E-state index in [4.69, 9.17) is 11.6 Å². The molecule has 0 atom stereocenters. The first kappa shape index (κ1) is 17.4. The van der Waals surface area contributed by atoms with Crippen LogP contribution in [0.5, 0.6) is 0 Å². The number of aryl methyl sites for hydroxylation is 1. The van der Waals surface area contributed by atoms with E-state index in [9.17, 15) is 8.42 Å². The summed E-state index contributed by atoms with van der Waals surface area (Å²) in [6.07, 6.45) is 0.803. The molecule has 0 amide bonds. The van der Waals surface area contributed by atoms with Gasteiger partial charge in [0.05, 0.1) is 4.90 Å². The molecule has 0 aliphatic heterocycles. The van der Waals surface area contributed by atoms with Crippen LogP contribution in [0.15, 0.2) is 23.1 Å². The van der Waals surface area contributed by atoms with Gasteiger partial charge < -0.3 is 4.90 Å². The molecule has 1 rings (SSSR count). The van der Waals surface area contributed by atoms with Gasteiger partial charge >= 0.3 is 0 Å². The molecular weight excluding hydrogens is 296 g/mol. The molecule has 0 heterocycles. The molecule has 0 bridgehead atoms. The first-order valence-electron chi connectivity index (χ1n) is 6.55. The molecule has 114 valence electrons. The summed E-state index contributed by atoms with van der Waals surface area (Å²) in [5.41, 5.74) is 1.57. The van der Waals surface area contributed by atoms with Crippen LogP contribution in [0.1, 0.15) is 17.5 Å². The van der Waals surface area contributed by atoms with Crippen LogP contribution >= 0.6 is 11.6 Å². The van der Waals surface area contributed by atoms with Gasteiger partial charge in [-0.3, -0.25) is 0 Å². The highest BCUT2D eigenvalue weighted by Crippen LogP contribution is 2.21. The van der Waals surface area contributed by atoms with Crippen LogP contribution in [0.25, 0.3) is 0 Å². The first-order valence-corrected chi connectivity index (χ1v) is 8.53. The molecule has 0 spiro atoms. The summed E-state index contributed by atoms with van der Waals surface area (Å²) in [6.45, 7) is 3.17. The summed E-state index contributed by atoms with van der Waals surface area (Å²) in [4.78, 5) is 2.39. The zero-order valence-corrected chi connectivity index (χ0v) is 14.1. The lowest BCUT2D eigenvalue weighted by Gasteiger charge is -2.20. The minimum atomic E-state index is -3.44. The van der Waals surface area contributed by atoms with Gasteiger partial charge in [0.2, 0.25) is 10.0 Å². The van der Waals surface area contributed by atoms with Crippen molar-refractivity contribution in [2.45, 2.75) is 24.1 Å². The van der Waals surface area contributed by atoms with Crippen LogP contribution in [0.4, 0.5) is 0 Å². The Bertz CT molecular complexity index is 544. The van der Waals surface area contributed by atoms with Crippen molar-refractivity contribution >= 4 is 21.6 Å². The van der Waals surface area contributed by atoms with Crippen LogP contribution < -0.4 is 0 Å². The number of rotatable bonds is 7. The lowest BCUT2D eigenvalue weighted by atomic mass is 10.2. The zero-order valence-electron chi connectivity index (χ0n) is 12.6. The van der Waals surface area contributed by atoms with E-state index in [0.29, 0.717) is 17.3 Å². The highest BCUT2D eigenvalue weighted by molar-refractivity contribution is 7.89. The zero-order chi connectivity index (χ0) is 15.3. The van der Waals surface area contributed by atoms with Gasteiger partial charge in [-0.1, -0.05) is 12.1 Å². The predicted molar refractivity (Wildman–Crippen MR) is 83.7 cm³/mol. The summed E-state index contributed by atoms with van der Waals surface area (Å²) in [6, 6.07) is 5.33. The molecule has 0 unspecified atom stereocenters. The van der Waals surface area contributed by atoms with E-state index < -0.39 is 10.0 Å². The average molecular weight is 319 g/mol. The van der Waals surface area contributed by atoms with Crippen molar-refractivity contribution in [2.24, 2.45) is 0 Å². The second-order valence-corrected chi connectivity index (χ2v) is 7.50. The topological polar surface area (TPSA) is 40.6 Å². The Kier molecular flexibility index (Phi) is 6.45. The number of hydrogen-bond donors (Lipinski definition) is 0. The Morgan fingerprint density at radius 3 is 2.35 bits per heavy atom. The highest BCUT2D eigenvalue weighted by Gasteiger charge is 2.22. The number of benzene rings is 1. The van der Waals surface area contributed by atoms with Gasteiger partial charge in [-0.05, 0) is 51.2 Å². The van der Waals surface area contributed by atoms with E-state index in [1.54, 1.807) is 26.1 Å². The van der Waals surface area contributed by atoms with Gasteiger partial charge in [0.1, 0.15) is 0 Å². The number of nitrogens with zero attached hydrogens (tertiary/aromatic N) is 2. The van der Waals surface area contributed by atoms with Gasteiger partial charge in [-0.2, -0.15) is 0 Å². The van der Waals surface area contributed by atoms with Crippen LogP contribution in [0, 0.1) is 6.92 Å². The Hall–Kier alpha value is -0.620. The molecule has 1 aromatic carbocycles. The third kappa shape index (κ3) is 4.45. The highest BCUT2D eigenvalue weighted by atomic mass is 35.5. The second-order valence-electron chi connectivity index (χ2n) is 5.22. The van der Waals surface area contributed by atoms with Crippen molar-refractivity contribution in [1.29, 1.82) is 0 Å². The molecule has 0 N–H and O–H groups in total. The molecule has 20 heavy (non-hydrogen) atoms. The van der Waals surface area contributed by atoms with Crippen LogP contribution in [-0.4, -0.2) is 51.9 Å². The minimum Gasteiger partial charge on any atom is -0.309 e. The van der Waals surface area contributed by atoms with Crippen LogP contribution in [0.2, 0.25) is 0 Å². The maximum atomic E-state index is 12.6. The van der Waals surface area contributed by atoms with E-state index in [-0.39, 0.29) is 0 Å². The summed E-state index contributed by atoms with van der Waals surface area (Å²) < 4.78 is 26.5. The van der Waals surface area contributed by atoms with Gasteiger partial charge in [-0.25, -0.2) is 12.7 Å². The lowest BCUT2D eigenvalue weighted by Crippen LogP contribution is -2.30. The van der Waals surface area contributed by atoms with Crippen molar-refractivity contribution in [3.8, 4) is 0 Å². The minimum absolute atomic E-state index is 0.313. The standard InChI is InChI=1S/C14H23ClN2O2S/c1-12-6-7-13(11-15)10-14(12)20(18,19)17(4)9-5-8-16(2)3/h6-7,10H,5,8-9,11H2,1-4H3. The summed E-state index contributed by atoms with van der Waals surface area (Å²) >= 11 is 5.79. The Balaban J connectivity index is 2.92. The molecule has 6 heteroatoms. The maximum Gasteiger partial charge on any atom is 0.243 e. The van der Waals surface area contributed by atoms with E-state index in [1.807, 2.05) is 25.1 Å². The van der Waals surface area contributed by atoms with Gasteiger partial charge in [-0.15, -0.1) is 11.6 Å². The van der Waals surface area contributed by atoms with Crippen molar-refractivity contribution < 1.29 is 8.42 Å².